The molecular formula is C5H5N5OS. The molecule has 0 saturated carbocycles. The van der Waals surface area contributed by atoms with Crippen molar-refractivity contribution in [3.05, 3.63) is 5.82 Å². The molecule has 0 aliphatic carbocycles. The lowest BCUT2D eigenvalue weighted by Gasteiger charge is -1.87. The van der Waals surface area contributed by atoms with Gasteiger partial charge in [0.2, 0.25) is 11.5 Å². The van der Waals surface area contributed by atoms with E-state index in [4.69, 9.17) is 11.0 Å². The maximum absolute atomic E-state index is 8.54. The quantitative estimate of drug-likeness (QED) is 0.514. The Morgan fingerprint density at radius 1 is 1.83 bits per heavy atom. The molecule has 7 heteroatoms. The molecule has 1 aromatic rings. The highest BCUT2D eigenvalue weighted by molar-refractivity contribution is 7.09. The van der Waals surface area contributed by atoms with Gasteiger partial charge in [0.15, 0.2) is 5.13 Å². The second-order valence-electron chi connectivity index (χ2n) is 1.69. The molecule has 0 aliphatic rings. The van der Waals surface area contributed by atoms with Crippen molar-refractivity contribution in [1.29, 1.82) is 5.26 Å². The Hall–Kier alpha value is -1.68. The van der Waals surface area contributed by atoms with Crippen molar-refractivity contribution in [3.63, 3.8) is 0 Å². The second kappa shape index (κ2) is 3.64. The third kappa shape index (κ3) is 1.67. The summed E-state index contributed by atoms with van der Waals surface area (Å²) >= 11 is 1.00. The summed E-state index contributed by atoms with van der Waals surface area (Å²) in [7, 11) is 1.34. The molecule has 0 saturated heterocycles. The van der Waals surface area contributed by atoms with E-state index >= 15 is 0 Å². The van der Waals surface area contributed by atoms with Crippen LogP contribution in [0.2, 0.25) is 0 Å². The third-order valence-corrected chi connectivity index (χ3v) is 1.48. The molecule has 1 rings (SSSR count). The highest BCUT2D eigenvalue weighted by atomic mass is 32.1. The molecule has 62 valence electrons. The first kappa shape index (κ1) is 8.42. The number of rotatable bonds is 2. The van der Waals surface area contributed by atoms with Gasteiger partial charge in [-0.15, -0.1) is 0 Å². The van der Waals surface area contributed by atoms with Gasteiger partial charge < -0.3 is 10.6 Å². The molecule has 1 heterocycles. The smallest absolute Gasteiger partial charge is 0.225 e. The monoisotopic (exact) mass is 183 g/mol. The van der Waals surface area contributed by atoms with Crippen LogP contribution >= 0.6 is 11.5 Å². The SMILES string of the molecule is CO/N=C(/C#N)c1nsc(N)n1. The lowest BCUT2D eigenvalue weighted by Crippen LogP contribution is -2.00. The van der Waals surface area contributed by atoms with Crippen LogP contribution in [0.25, 0.3) is 0 Å². The highest BCUT2D eigenvalue weighted by Gasteiger charge is 2.09. The number of aromatic nitrogens is 2. The predicted octanol–water partition coefficient (Wildman–Crippen LogP) is -0.00562. The molecule has 0 spiro atoms. The van der Waals surface area contributed by atoms with E-state index in [9.17, 15) is 0 Å². The topological polar surface area (TPSA) is 97.2 Å². The average molecular weight is 183 g/mol. The number of oxime groups is 1. The van der Waals surface area contributed by atoms with Crippen LogP contribution in [0.3, 0.4) is 0 Å². The highest BCUT2D eigenvalue weighted by Crippen LogP contribution is 2.06. The lowest BCUT2D eigenvalue weighted by atomic mass is 10.4. The third-order valence-electron chi connectivity index (χ3n) is 0.942. The van der Waals surface area contributed by atoms with E-state index in [1.807, 2.05) is 0 Å². The molecule has 12 heavy (non-hydrogen) atoms. The van der Waals surface area contributed by atoms with Gasteiger partial charge in [-0.3, -0.25) is 0 Å². The summed E-state index contributed by atoms with van der Waals surface area (Å²) in [6.45, 7) is 0. The standard InChI is InChI=1S/C5H5N5OS/c1-11-9-3(2-6)4-8-5(7)12-10-4/h1H3,(H2,7,8,10)/b9-3-. The van der Waals surface area contributed by atoms with Crippen LogP contribution in [-0.2, 0) is 4.84 Å². The van der Waals surface area contributed by atoms with Crippen LogP contribution in [0.5, 0.6) is 0 Å². The van der Waals surface area contributed by atoms with Crippen molar-refractivity contribution in [2.24, 2.45) is 5.16 Å². The van der Waals surface area contributed by atoms with Crippen molar-refractivity contribution >= 4 is 22.4 Å². The van der Waals surface area contributed by atoms with Crippen LogP contribution in [0, 0.1) is 11.3 Å². The molecule has 2 N–H and O–H groups in total. The van der Waals surface area contributed by atoms with Crippen LogP contribution < -0.4 is 5.73 Å². The zero-order valence-electron chi connectivity index (χ0n) is 6.18. The summed E-state index contributed by atoms with van der Waals surface area (Å²) in [5, 5.41) is 12.2. The zero-order valence-corrected chi connectivity index (χ0v) is 7.00. The molecule has 0 unspecified atom stereocenters. The summed E-state index contributed by atoms with van der Waals surface area (Å²) in [5.74, 6) is 0.196. The zero-order chi connectivity index (χ0) is 8.97. The Kier molecular flexibility index (Phi) is 2.55. The average Bonchev–Trinajstić information content (AvgIpc) is 2.47. The molecule has 6 nitrogen and oxygen atoms in total. The van der Waals surface area contributed by atoms with Crippen molar-refractivity contribution in [2.45, 2.75) is 0 Å². The van der Waals surface area contributed by atoms with Gasteiger partial charge in [-0.2, -0.15) is 14.6 Å². The molecule has 0 fully saturated rings. The largest absolute Gasteiger partial charge is 0.398 e. The fourth-order valence-electron chi connectivity index (χ4n) is 0.534. The van der Waals surface area contributed by atoms with Gasteiger partial charge in [0.05, 0.1) is 0 Å². The fourth-order valence-corrected chi connectivity index (χ4v) is 0.968. The van der Waals surface area contributed by atoms with E-state index in [0.717, 1.165) is 11.5 Å². The Morgan fingerprint density at radius 2 is 2.58 bits per heavy atom. The predicted molar refractivity (Wildman–Crippen MR) is 43.5 cm³/mol. The van der Waals surface area contributed by atoms with E-state index in [0.29, 0.717) is 5.13 Å². The van der Waals surface area contributed by atoms with Gasteiger partial charge in [-0.05, 0) is 0 Å². The Morgan fingerprint density at radius 3 is 3.00 bits per heavy atom. The Balaban J connectivity index is 2.97. The number of nitriles is 1. The van der Waals surface area contributed by atoms with Gasteiger partial charge in [0, 0.05) is 11.5 Å². The number of anilines is 1. The maximum atomic E-state index is 8.54. The first-order chi connectivity index (χ1) is 5.77. The summed E-state index contributed by atoms with van der Waals surface area (Å²) in [4.78, 5) is 8.16. The van der Waals surface area contributed by atoms with Crippen LogP contribution in [0.1, 0.15) is 5.82 Å². The summed E-state index contributed by atoms with van der Waals surface area (Å²) < 4.78 is 3.78. The minimum atomic E-state index is 0.0189. The van der Waals surface area contributed by atoms with Crippen LogP contribution in [-0.4, -0.2) is 22.2 Å². The van der Waals surface area contributed by atoms with E-state index < -0.39 is 0 Å². The van der Waals surface area contributed by atoms with Crippen LogP contribution in [0.4, 0.5) is 5.13 Å². The molecule has 0 atom stereocenters. The summed E-state index contributed by atoms with van der Waals surface area (Å²) in [6, 6.07) is 1.78. The van der Waals surface area contributed by atoms with Gasteiger partial charge in [-0.25, -0.2) is 0 Å². The minimum Gasteiger partial charge on any atom is -0.398 e. The van der Waals surface area contributed by atoms with Gasteiger partial charge >= 0.3 is 0 Å². The fraction of sp³-hybridized carbons (Fsp3) is 0.200. The van der Waals surface area contributed by atoms with Crippen molar-refractivity contribution in [2.75, 3.05) is 12.8 Å². The molecule has 0 amide bonds. The summed E-state index contributed by atoms with van der Waals surface area (Å²) in [5.41, 5.74) is 5.33. The maximum Gasteiger partial charge on any atom is 0.225 e. The second-order valence-corrected chi connectivity index (χ2v) is 2.47. The van der Waals surface area contributed by atoms with Gasteiger partial charge in [0.25, 0.3) is 0 Å². The number of hydrogen-bond acceptors (Lipinski definition) is 7. The Bertz CT molecular complexity index is 338. The van der Waals surface area contributed by atoms with Gasteiger partial charge in [0.1, 0.15) is 13.2 Å². The van der Waals surface area contributed by atoms with E-state index in [-0.39, 0.29) is 11.5 Å². The number of nitrogen functional groups attached to an aromatic ring is 1. The van der Waals surface area contributed by atoms with Crippen molar-refractivity contribution in [1.82, 2.24) is 9.36 Å². The number of nitrogens with two attached hydrogens (primary N) is 1. The molecular weight excluding hydrogens is 178 g/mol. The number of nitrogens with zero attached hydrogens (tertiary/aromatic N) is 4. The van der Waals surface area contributed by atoms with E-state index in [2.05, 4.69) is 19.4 Å². The molecule has 0 radical (unpaired) electrons. The molecule has 0 aliphatic heterocycles. The molecule has 1 aromatic heterocycles. The lowest BCUT2D eigenvalue weighted by molar-refractivity contribution is 0.214. The Labute approximate surface area is 72.4 Å². The molecule has 0 aromatic carbocycles. The van der Waals surface area contributed by atoms with E-state index in [1.165, 1.54) is 7.11 Å². The van der Waals surface area contributed by atoms with Crippen LogP contribution in [0.15, 0.2) is 5.16 Å². The summed E-state index contributed by atoms with van der Waals surface area (Å²) in [6.07, 6.45) is 0. The van der Waals surface area contributed by atoms with Gasteiger partial charge in [-0.1, -0.05) is 5.16 Å². The van der Waals surface area contributed by atoms with E-state index in [1.54, 1.807) is 6.07 Å². The first-order valence-electron chi connectivity index (χ1n) is 2.88. The first-order valence-corrected chi connectivity index (χ1v) is 3.66. The minimum absolute atomic E-state index is 0.0189. The normalized spacial score (nSPS) is 10.8. The molecule has 0 bridgehead atoms. The van der Waals surface area contributed by atoms with Crippen molar-refractivity contribution < 1.29 is 4.84 Å². The number of hydrogen-bond donors (Lipinski definition) is 1. The van der Waals surface area contributed by atoms with Crippen molar-refractivity contribution in [3.8, 4) is 6.07 Å².